The zero-order chi connectivity index (χ0) is 27.8. The van der Waals surface area contributed by atoms with Gasteiger partial charge in [0, 0.05) is 57.4 Å². The van der Waals surface area contributed by atoms with E-state index in [4.69, 9.17) is 5.11 Å². The SMILES string of the molecule is CCc1ccc(C=O)c(N2CCC(C/C=C/CNc3nc(NC)ccc3-n3ccnc3)CC2)c1.CO.NS. The first-order chi connectivity index (χ1) is 18.7. The number of benzene rings is 1. The van der Waals surface area contributed by atoms with Crippen LogP contribution in [0.1, 0.15) is 42.1 Å². The molecule has 3 aromatic rings. The summed E-state index contributed by atoms with van der Waals surface area (Å²) in [5, 5.41) is 17.7. The number of carbonyl (C=O) groups is 1. The molecule has 1 aliphatic rings. The minimum Gasteiger partial charge on any atom is -0.400 e. The van der Waals surface area contributed by atoms with Crippen LogP contribution in [0.4, 0.5) is 17.3 Å². The number of pyridine rings is 1. The Bertz CT molecular complexity index is 1110. The van der Waals surface area contributed by atoms with Gasteiger partial charge in [0.2, 0.25) is 0 Å². The van der Waals surface area contributed by atoms with Crippen molar-refractivity contribution in [1.29, 1.82) is 0 Å². The lowest BCUT2D eigenvalue weighted by Gasteiger charge is -2.34. The fourth-order valence-corrected chi connectivity index (χ4v) is 4.45. The van der Waals surface area contributed by atoms with E-state index in [2.05, 4.69) is 74.7 Å². The van der Waals surface area contributed by atoms with Crippen molar-refractivity contribution in [3.63, 3.8) is 0 Å². The molecule has 1 aromatic carbocycles. The Morgan fingerprint density at radius 3 is 2.53 bits per heavy atom. The van der Waals surface area contributed by atoms with E-state index < -0.39 is 0 Å². The highest BCUT2D eigenvalue weighted by molar-refractivity contribution is 7.77. The van der Waals surface area contributed by atoms with Crippen LogP contribution in [0, 0.1) is 5.92 Å². The van der Waals surface area contributed by atoms with Gasteiger partial charge in [0.15, 0.2) is 12.1 Å². The molecule has 4 rings (SSSR count). The number of aliphatic hydroxyl groups is 1. The molecule has 10 heteroatoms. The Morgan fingerprint density at radius 1 is 1.13 bits per heavy atom. The minimum atomic E-state index is 0.675. The average Bonchev–Trinajstić information content (AvgIpc) is 3.54. The van der Waals surface area contributed by atoms with Crippen molar-refractivity contribution in [2.45, 2.75) is 32.6 Å². The fourth-order valence-electron chi connectivity index (χ4n) is 4.45. The summed E-state index contributed by atoms with van der Waals surface area (Å²) >= 11 is 3.03. The van der Waals surface area contributed by atoms with E-state index in [9.17, 15) is 4.79 Å². The minimum absolute atomic E-state index is 0.675. The molecule has 3 heterocycles. The first-order valence-corrected chi connectivity index (χ1v) is 13.3. The lowest BCUT2D eigenvalue weighted by molar-refractivity contribution is 0.112. The number of hydrogen-bond donors (Lipinski definition) is 5. The Morgan fingerprint density at radius 2 is 1.89 bits per heavy atom. The first-order valence-electron chi connectivity index (χ1n) is 12.8. The number of hydrogen-bond acceptors (Lipinski definition) is 9. The van der Waals surface area contributed by atoms with Gasteiger partial charge in [-0.3, -0.25) is 9.93 Å². The number of rotatable bonds is 10. The largest absolute Gasteiger partial charge is 0.400 e. The third kappa shape index (κ3) is 8.61. The maximum absolute atomic E-state index is 11.5. The molecule has 1 aliphatic heterocycles. The van der Waals surface area contributed by atoms with Gasteiger partial charge < -0.3 is 25.2 Å². The molecule has 0 unspecified atom stereocenters. The molecule has 0 radical (unpaired) electrons. The lowest BCUT2D eigenvalue weighted by atomic mass is 9.92. The molecule has 0 amide bonds. The fraction of sp³-hybridized carbons (Fsp3) is 0.393. The number of allylic oxidation sites excluding steroid dienone is 1. The number of nitrogens with one attached hydrogen (secondary N) is 2. The molecule has 0 saturated carbocycles. The van der Waals surface area contributed by atoms with E-state index in [0.717, 1.165) is 80.7 Å². The molecule has 206 valence electrons. The van der Waals surface area contributed by atoms with E-state index in [-0.39, 0.29) is 0 Å². The average molecular weight is 540 g/mol. The van der Waals surface area contributed by atoms with Crippen molar-refractivity contribution in [3.8, 4) is 5.69 Å². The summed E-state index contributed by atoms with van der Waals surface area (Å²) in [5.41, 5.74) is 4.15. The highest BCUT2D eigenvalue weighted by Crippen LogP contribution is 2.28. The van der Waals surface area contributed by atoms with E-state index >= 15 is 0 Å². The third-order valence-electron chi connectivity index (χ3n) is 6.52. The van der Waals surface area contributed by atoms with E-state index in [1.54, 1.807) is 12.5 Å². The van der Waals surface area contributed by atoms with Crippen molar-refractivity contribution in [2.24, 2.45) is 11.1 Å². The molecule has 9 nitrogen and oxygen atoms in total. The number of thiol groups is 1. The van der Waals surface area contributed by atoms with Gasteiger partial charge in [-0.2, -0.15) is 0 Å². The van der Waals surface area contributed by atoms with Crippen molar-refractivity contribution >= 4 is 36.4 Å². The number of nitrogens with two attached hydrogens (primary N) is 1. The van der Waals surface area contributed by atoms with E-state index in [0.29, 0.717) is 12.5 Å². The van der Waals surface area contributed by atoms with Crippen molar-refractivity contribution in [1.82, 2.24) is 14.5 Å². The topological polar surface area (TPSA) is 121 Å². The molecule has 5 N–H and O–H groups in total. The van der Waals surface area contributed by atoms with Gasteiger partial charge in [-0.1, -0.05) is 25.1 Å². The number of anilines is 3. The molecule has 0 atom stereocenters. The van der Waals surface area contributed by atoms with Gasteiger partial charge in [-0.25, -0.2) is 9.97 Å². The van der Waals surface area contributed by atoms with Gasteiger partial charge in [-0.15, -0.1) is 12.8 Å². The maximum Gasteiger partial charge on any atom is 0.153 e. The number of nitrogens with zero attached hydrogens (tertiary/aromatic N) is 4. The van der Waals surface area contributed by atoms with Crippen molar-refractivity contribution in [2.75, 3.05) is 49.3 Å². The standard InChI is InChI=1S/C27H34N6O.CH4O.H3NS/c1-3-21-7-8-23(19-34)25(18-21)32-15-11-22(12-16-32)6-4-5-13-30-27-24(33-17-14-29-20-33)9-10-26(28-2)31-27;2*1-2/h4-5,7-10,14,17-20,22H,3,6,11-13,15-16H2,1-2H3,(H2,28,30,31);2H,1H3;2H,1H2/b5-4+;;. The van der Waals surface area contributed by atoms with Gasteiger partial charge in [0.25, 0.3) is 0 Å². The van der Waals surface area contributed by atoms with Gasteiger partial charge >= 0.3 is 0 Å². The summed E-state index contributed by atoms with van der Waals surface area (Å²) in [4.78, 5) is 22.7. The first kappa shape index (κ1) is 30.9. The molecule has 0 spiro atoms. The molecule has 2 aromatic heterocycles. The molecular weight excluding hydrogens is 498 g/mol. The van der Waals surface area contributed by atoms with Crippen LogP contribution in [0.15, 0.2) is 61.2 Å². The Labute approximate surface area is 231 Å². The number of aliphatic hydroxyl groups excluding tert-OH is 1. The number of imidazole rings is 1. The van der Waals surface area contributed by atoms with Crippen LogP contribution in [-0.4, -0.2) is 59.7 Å². The molecule has 0 bridgehead atoms. The predicted molar refractivity (Wildman–Crippen MR) is 161 cm³/mol. The van der Waals surface area contributed by atoms with Crippen LogP contribution in [-0.2, 0) is 6.42 Å². The molecular formula is C28H41N7O2S. The van der Waals surface area contributed by atoms with Gasteiger partial charge in [-0.05, 0) is 61.4 Å². The summed E-state index contributed by atoms with van der Waals surface area (Å²) in [6, 6.07) is 10.2. The van der Waals surface area contributed by atoms with Crippen LogP contribution in [0.25, 0.3) is 5.69 Å². The highest BCUT2D eigenvalue weighted by atomic mass is 32.1. The maximum atomic E-state index is 11.5. The summed E-state index contributed by atoms with van der Waals surface area (Å²) in [7, 11) is 2.87. The Hall–Kier alpha value is -3.34. The number of piperidine rings is 1. The molecule has 1 saturated heterocycles. The van der Waals surface area contributed by atoms with Gasteiger partial charge in [0.05, 0.1) is 12.0 Å². The normalized spacial score (nSPS) is 13.3. The van der Waals surface area contributed by atoms with Crippen molar-refractivity contribution < 1.29 is 9.90 Å². The second-order valence-electron chi connectivity index (χ2n) is 8.67. The Balaban J connectivity index is 0.00000121. The van der Waals surface area contributed by atoms with Crippen LogP contribution >= 0.6 is 12.8 Å². The molecule has 1 fully saturated rings. The molecule has 38 heavy (non-hydrogen) atoms. The summed E-state index contributed by atoms with van der Waals surface area (Å²) in [6.45, 7) is 4.87. The van der Waals surface area contributed by atoms with E-state index in [1.807, 2.05) is 36.0 Å². The van der Waals surface area contributed by atoms with Crippen LogP contribution in [0.2, 0.25) is 0 Å². The number of carbonyl (C=O) groups excluding carboxylic acids is 1. The number of aryl methyl sites for hydroxylation is 1. The van der Waals surface area contributed by atoms with Crippen molar-refractivity contribution in [3.05, 3.63) is 72.3 Å². The zero-order valence-electron chi connectivity index (χ0n) is 22.5. The highest BCUT2D eigenvalue weighted by Gasteiger charge is 2.20. The third-order valence-corrected chi connectivity index (χ3v) is 6.52. The monoisotopic (exact) mass is 539 g/mol. The zero-order valence-corrected chi connectivity index (χ0v) is 23.4. The van der Waals surface area contributed by atoms with Gasteiger partial charge in [0.1, 0.15) is 5.82 Å². The summed E-state index contributed by atoms with van der Waals surface area (Å²) in [6.07, 6.45) is 15.3. The quantitative estimate of drug-likeness (QED) is 0.146. The van der Waals surface area contributed by atoms with Crippen LogP contribution in [0.3, 0.4) is 0 Å². The number of aldehydes is 1. The van der Waals surface area contributed by atoms with Crippen LogP contribution in [0.5, 0.6) is 0 Å². The summed E-state index contributed by atoms with van der Waals surface area (Å²) in [5.74, 6) is 2.32. The second-order valence-corrected chi connectivity index (χ2v) is 8.67. The smallest absolute Gasteiger partial charge is 0.153 e. The Kier molecular flexibility index (Phi) is 14.0. The second kappa shape index (κ2) is 17.2. The summed E-state index contributed by atoms with van der Waals surface area (Å²) < 4.78 is 1.96. The predicted octanol–water partition coefficient (Wildman–Crippen LogP) is 4.36. The molecule has 0 aliphatic carbocycles. The van der Waals surface area contributed by atoms with E-state index in [1.165, 1.54) is 5.56 Å². The lowest BCUT2D eigenvalue weighted by Crippen LogP contribution is -2.34. The van der Waals surface area contributed by atoms with Crippen LogP contribution < -0.4 is 20.7 Å². The number of aromatic nitrogens is 3.